The Morgan fingerprint density at radius 1 is 1.08 bits per heavy atom. The highest BCUT2D eigenvalue weighted by Gasteiger charge is 2.18. The predicted octanol–water partition coefficient (Wildman–Crippen LogP) is 0.850. The van der Waals surface area contributed by atoms with Crippen LogP contribution in [-0.4, -0.2) is 63.0 Å². The Morgan fingerprint density at radius 3 is 2.71 bits per heavy atom. The Balaban J connectivity index is 1.37. The number of ether oxygens (including phenoxy) is 1. The summed E-state index contributed by atoms with van der Waals surface area (Å²) in [6.45, 7) is 4.79. The van der Waals surface area contributed by atoms with Crippen LogP contribution in [0.4, 0.5) is 5.82 Å². The predicted molar refractivity (Wildman–Crippen MR) is 89.1 cm³/mol. The van der Waals surface area contributed by atoms with E-state index < -0.39 is 0 Å². The summed E-state index contributed by atoms with van der Waals surface area (Å²) in [5, 5.41) is 12.4. The number of rotatable bonds is 4. The lowest BCUT2D eigenvalue weighted by molar-refractivity contribution is 0.248. The number of anilines is 1. The van der Waals surface area contributed by atoms with Crippen LogP contribution >= 0.6 is 0 Å². The summed E-state index contributed by atoms with van der Waals surface area (Å²) in [6.07, 6.45) is 3.51. The topological polar surface area (TPSA) is 71.7 Å². The van der Waals surface area contributed by atoms with E-state index in [1.807, 2.05) is 24.4 Å². The molecule has 8 nitrogen and oxygen atoms in total. The van der Waals surface area contributed by atoms with Crippen molar-refractivity contribution in [1.29, 1.82) is 0 Å². The summed E-state index contributed by atoms with van der Waals surface area (Å²) < 4.78 is 6.81. The maximum Gasteiger partial charge on any atom is 0.212 e. The second-order valence-corrected chi connectivity index (χ2v) is 5.80. The third-order valence-electron chi connectivity index (χ3n) is 4.26. The van der Waals surface area contributed by atoms with Gasteiger partial charge in [0.1, 0.15) is 12.1 Å². The van der Waals surface area contributed by atoms with E-state index in [4.69, 9.17) is 4.74 Å². The molecular formula is C16H19N7O. The molecule has 1 aliphatic heterocycles. The molecule has 0 aromatic carbocycles. The molecule has 0 atom stereocenters. The van der Waals surface area contributed by atoms with Crippen LogP contribution in [0, 0.1) is 0 Å². The van der Waals surface area contributed by atoms with Crippen molar-refractivity contribution in [3.8, 4) is 5.88 Å². The molecule has 0 bridgehead atoms. The molecule has 8 heteroatoms. The Morgan fingerprint density at radius 2 is 1.96 bits per heavy atom. The van der Waals surface area contributed by atoms with Crippen LogP contribution < -0.4 is 9.64 Å². The third-order valence-corrected chi connectivity index (χ3v) is 4.26. The standard InChI is InChI=1S/C16H19N7O/c1-24-16-5-2-13(10-17-16)11-21-6-8-22(9-7-21)15-4-3-14-19-18-12-23(14)20-15/h2-5,10,12H,6-9,11H2,1H3. The molecule has 0 spiro atoms. The molecule has 1 saturated heterocycles. The number of nitrogens with zero attached hydrogens (tertiary/aromatic N) is 7. The summed E-state index contributed by atoms with van der Waals surface area (Å²) in [6, 6.07) is 7.93. The number of methoxy groups -OCH3 is 1. The maximum absolute atomic E-state index is 5.10. The van der Waals surface area contributed by atoms with Crippen molar-refractivity contribution in [2.24, 2.45) is 0 Å². The van der Waals surface area contributed by atoms with Crippen LogP contribution in [0.2, 0.25) is 0 Å². The van der Waals surface area contributed by atoms with E-state index in [2.05, 4.69) is 36.1 Å². The zero-order chi connectivity index (χ0) is 16.4. The van der Waals surface area contributed by atoms with Gasteiger partial charge >= 0.3 is 0 Å². The van der Waals surface area contributed by atoms with Gasteiger partial charge in [-0.05, 0) is 17.7 Å². The second-order valence-electron chi connectivity index (χ2n) is 5.80. The lowest BCUT2D eigenvalue weighted by Crippen LogP contribution is -2.46. The number of fused-ring (bicyclic) bond motifs is 1. The highest BCUT2D eigenvalue weighted by molar-refractivity contribution is 5.45. The lowest BCUT2D eigenvalue weighted by Gasteiger charge is -2.35. The third kappa shape index (κ3) is 3.00. The van der Waals surface area contributed by atoms with Crippen molar-refractivity contribution in [2.75, 3.05) is 38.2 Å². The number of piperazine rings is 1. The SMILES string of the molecule is COc1ccc(CN2CCN(c3ccc4nncn4n3)CC2)cn1. The molecule has 0 aliphatic carbocycles. The van der Waals surface area contributed by atoms with Crippen molar-refractivity contribution in [2.45, 2.75) is 6.54 Å². The number of aromatic nitrogens is 5. The molecule has 1 fully saturated rings. The first-order chi connectivity index (χ1) is 11.8. The van der Waals surface area contributed by atoms with E-state index in [1.54, 1.807) is 18.0 Å². The first-order valence-corrected chi connectivity index (χ1v) is 7.95. The molecule has 0 unspecified atom stereocenters. The van der Waals surface area contributed by atoms with E-state index in [-0.39, 0.29) is 0 Å². The number of hydrogen-bond donors (Lipinski definition) is 0. The molecule has 4 rings (SSSR count). The van der Waals surface area contributed by atoms with Crippen molar-refractivity contribution in [3.05, 3.63) is 42.4 Å². The molecule has 0 amide bonds. The summed E-state index contributed by atoms with van der Waals surface area (Å²) in [7, 11) is 1.63. The first-order valence-electron chi connectivity index (χ1n) is 7.95. The van der Waals surface area contributed by atoms with Crippen LogP contribution in [0.15, 0.2) is 36.8 Å². The molecule has 0 saturated carbocycles. The lowest BCUT2D eigenvalue weighted by atomic mass is 10.2. The zero-order valence-electron chi connectivity index (χ0n) is 13.5. The monoisotopic (exact) mass is 325 g/mol. The fraction of sp³-hybridized carbons (Fsp3) is 0.375. The van der Waals surface area contributed by atoms with Crippen LogP contribution in [0.1, 0.15) is 5.56 Å². The van der Waals surface area contributed by atoms with Crippen LogP contribution in [0.25, 0.3) is 5.65 Å². The van der Waals surface area contributed by atoms with Gasteiger partial charge in [0.15, 0.2) is 5.65 Å². The molecule has 1 aliphatic rings. The molecule has 24 heavy (non-hydrogen) atoms. The summed E-state index contributed by atoms with van der Waals surface area (Å²) in [5.41, 5.74) is 1.97. The van der Waals surface area contributed by atoms with Crippen molar-refractivity contribution < 1.29 is 4.74 Å². The Labute approximate surface area is 139 Å². The van der Waals surface area contributed by atoms with Gasteiger partial charge in [-0.15, -0.1) is 15.3 Å². The minimum atomic E-state index is 0.652. The van der Waals surface area contributed by atoms with Gasteiger partial charge in [-0.1, -0.05) is 6.07 Å². The molecule has 0 N–H and O–H groups in total. The van der Waals surface area contributed by atoms with Crippen LogP contribution in [0.3, 0.4) is 0 Å². The van der Waals surface area contributed by atoms with E-state index in [1.165, 1.54) is 5.56 Å². The fourth-order valence-electron chi connectivity index (χ4n) is 2.91. The molecular weight excluding hydrogens is 306 g/mol. The fourth-order valence-corrected chi connectivity index (χ4v) is 2.91. The smallest absolute Gasteiger partial charge is 0.212 e. The van der Waals surface area contributed by atoms with Crippen molar-refractivity contribution in [3.63, 3.8) is 0 Å². The van der Waals surface area contributed by atoms with E-state index in [0.717, 1.165) is 44.2 Å². The van der Waals surface area contributed by atoms with Gasteiger partial charge in [0.25, 0.3) is 0 Å². The molecule has 0 radical (unpaired) electrons. The van der Waals surface area contributed by atoms with Crippen LogP contribution in [0.5, 0.6) is 5.88 Å². The van der Waals surface area contributed by atoms with E-state index in [9.17, 15) is 0 Å². The molecule has 124 valence electrons. The maximum atomic E-state index is 5.10. The number of pyridine rings is 1. The van der Waals surface area contributed by atoms with Crippen molar-refractivity contribution >= 4 is 11.5 Å². The average Bonchev–Trinajstić information content (AvgIpc) is 3.11. The Kier molecular flexibility index (Phi) is 3.96. The van der Waals surface area contributed by atoms with Gasteiger partial charge in [0.2, 0.25) is 5.88 Å². The summed E-state index contributed by atoms with van der Waals surface area (Å²) in [5.74, 6) is 1.62. The Bertz CT molecular complexity index is 809. The zero-order valence-corrected chi connectivity index (χ0v) is 13.5. The quantitative estimate of drug-likeness (QED) is 0.704. The molecule has 4 heterocycles. The second kappa shape index (κ2) is 6.40. The summed E-state index contributed by atoms with van der Waals surface area (Å²) in [4.78, 5) is 8.99. The largest absolute Gasteiger partial charge is 0.481 e. The van der Waals surface area contributed by atoms with Gasteiger partial charge in [-0.3, -0.25) is 4.90 Å². The van der Waals surface area contributed by atoms with Gasteiger partial charge in [-0.2, -0.15) is 4.52 Å². The van der Waals surface area contributed by atoms with Gasteiger partial charge < -0.3 is 9.64 Å². The Hall–Kier alpha value is -2.74. The summed E-state index contributed by atoms with van der Waals surface area (Å²) >= 11 is 0. The van der Waals surface area contributed by atoms with Crippen LogP contribution in [-0.2, 0) is 6.54 Å². The van der Waals surface area contributed by atoms with Gasteiger partial charge in [-0.25, -0.2) is 4.98 Å². The van der Waals surface area contributed by atoms with E-state index in [0.29, 0.717) is 5.88 Å². The highest BCUT2D eigenvalue weighted by Crippen LogP contribution is 2.16. The molecule has 3 aromatic rings. The first kappa shape index (κ1) is 14.8. The minimum absolute atomic E-state index is 0.652. The average molecular weight is 325 g/mol. The normalized spacial score (nSPS) is 15.8. The highest BCUT2D eigenvalue weighted by atomic mass is 16.5. The minimum Gasteiger partial charge on any atom is -0.481 e. The van der Waals surface area contributed by atoms with E-state index >= 15 is 0 Å². The van der Waals surface area contributed by atoms with Crippen molar-refractivity contribution in [1.82, 2.24) is 29.7 Å². The molecule has 3 aromatic heterocycles. The van der Waals surface area contributed by atoms with Gasteiger partial charge in [0.05, 0.1) is 7.11 Å². The number of hydrogen-bond acceptors (Lipinski definition) is 7. The van der Waals surface area contributed by atoms with Gasteiger partial charge in [0, 0.05) is 45.0 Å².